The van der Waals surface area contributed by atoms with Crippen molar-refractivity contribution in [2.24, 2.45) is 17.8 Å². The number of aromatic amines is 1. The van der Waals surface area contributed by atoms with Crippen molar-refractivity contribution in [3.05, 3.63) is 11.8 Å². The van der Waals surface area contributed by atoms with E-state index < -0.39 is 0 Å². The summed E-state index contributed by atoms with van der Waals surface area (Å²) in [6.07, 6.45) is 5.16. The number of nitrogen functional groups attached to an aromatic ring is 1. The fourth-order valence-corrected chi connectivity index (χ4v) is 2.72. The molecular formula is C11H16N4O. The quantitative estimate of drug-likeness (QED) is 0.699. The Hall–Kier alpha value is -1.52. The zero-order chi connectivity index (χ0) is 11.1. The highest BCUT2D eigenvalue weighted by Gasteiger charge is 2.47. The van der Waals surface area contributed by atoms with Crippen molar-refractivity contribution in [2.75, 3.05) is 5.73 Å². The number of nitrogens with zero attached hydrogens (tertiary/aromatic N) is 1. The lowest BCUT2D eigenvalue weighted by molar-refractivity contribution is -0.125. The van der Waals surface area contributed by atoms with Gasteiger partial charge in [-0.25, -0.2) is 0 Å². The summed E-state index contributed by atoms with van der Waals surface area (Å²) in [6.45, 7) is 0.479. The zero-order valence-corrected chi connectivity index (χ0v) is 9.07. The minimum Gasteiger partial charge on any atom is -0.384 e. The van der Waals surface area contributed by atoms with Crippen LogP contribution in [0.5, 0.6) is 0 Å². The lowest BCUT2D eigenvalue weighted by Gasteiger charge is -2.11. The average molecular weight is 220 g/mol. The van der Waals surface area contributed by atoms with Gasteiger partial charge >= 0.3 is 0 Å². The molecule has 0 radical (unpaired) electrons. The molecule has 0 aliphatic heterocycles. The number of hydrogen-bond donors (Lipinski definition) is 3. The Labute approximate surface area is 93.8 Å². The van der Waals surface area contributed by atoms with Gasteiger partial charge in [-0.2, -0.15) is 5.10 Å². The Bertz CT molecular complexity index is 404. The van der Waals surface area contributed by atoms with Gasteiger partial charge in [0.05, 0.1) is 6.20 Å². The van der Waals surface area contributed by atoms with Gasteiger partial charge in [0.25, 0.3) is 0 Å². The number of rotatable bonds is 3. The van der Waals surface area contributed by atoms with Crippen molar-refractivity contribution >= 4 is 11.7 Å². The molecule has 2 aliphatic rings. The topological polar surface area (TPSA) is 83.8 Å². The summed E-state index contributed by atoms with van der Waals surface area (Å²) >= 11 is 0. The van der Waals surface area contributed by atoms with Crippen LogP contribution in [-0.4, -0.2) is 16.1 Å². The maximum absolute atomic E-state index is 11.8. The smallest absolute Gasteiger partial charge is 0.223 e. The maximum atomic E-state index is 11.8. The van der Waals surface area contributed by atoms with Gasteiger partial charge in [-0.3, -0.25) is 9.89 Å². The minimum absolute atomic E-state index is 0.174. The molecule has 2 aliphatic carbocycles. The Morgan fingerprint density at radius 1 is 1.50 bits per heavy atom. The summed E-state index contributed by atoms with van der Waals surface area (Å²) in [4.78, 5) is 11.8. The standard InChI is InChI=1S/C11H16N4O/c12-10-9(5-14-15-10)4-13-11(16)8-2-6-1-7(6)3-8/h5-8H,1-4H2,(H,13,16)(H3,12,14,15). The van der Waals surface area contributed by atoms with E-state index in [0.29, 0.717) is 12.4 Å². The molecule has 0 saturated heterocycles. The minimum atomic E-state index is 0.174. The third kappa shape index (κ3) is 1.66. The number of carbonyl (C=O) groups is 1. The van der Waals surface area contributed by atoms with E-state index in [1.807, 2.05) is 0 Å². The highest BCUT2D eigenvalue weighted by Crippen LogP contribution is 2.54. The molecule has 2 fully saturated rings. The SMILES string of the molecule is Nc1[nH]ncc1CNC(=O)C1CC2CC2C1. The Morgan fingerprint density at radius 2 is 2.25 bits per heavy atom. The van der Waals surface area contributed by atoms with E-state index in [9.17, 15) is 4.79 Å². The van der Waals surface area contributed by atoms with E-state index in [1.165, 1.54) is 6.42 Å². The first-order valence-electron chi connectivity index (χ1n) is 5.79. The van der Waals surface area contributed by atoms with Crippen molar-refractivity contribution in [1.29, 1.82) is 0 Å². The van der Waals surface area contributed by atoms with Gasteiger partial charge in [0.2, 0.25) is 5.91 Å². The first-order valence-corrected chi connectivity index (χ1v) is 5.79. The molecular weight excluding hydrogens is 204 g/mol. The van der Waals surface area contributed by atoms with Crippen molar-refractivity contribution in [1.82, 2.24) is 15.5 Å². The van der Waals surface area contributed by atoms with Crippen LogP contribution in [-0.2, 0) is 11.3 Å². The third-order valence-corrected chi connectivity index (χ3v) is 3.82. The van der Waals surface area contributed by atoms with Crippen LogP contribution in [0.15, 0.2) is 6.20 Å². The van der Waals surface area contributed by atoms with Crippen LogP contribution in [0.4, 0.5) is 5.82 Å². The zero-order valence-electron chi connectivity index (χ0n) is 9.07. The van der Waals surface area contributed by atoms with Gasteiger partial charge in [-0.1, -0.05) is 0 Å². The molecule has 4 N–H and O–H groups in total. The number of carbonyl (C=O) groups excluding carboxylic acids is 1. The largest absolute Gasteiger partial charge is 0.384 e. The lowest BCUT2D eigenvalue weighted by Crippen LogP contribution is -2.29. The second-order valence-corrected chi connectivity index (χ2v) is 4.95. The summed E-state index contributed by atoms with van der Waals surface area (Å²) in [5.74, 6) is 2.63. The molecule has 3 rings (SSSR count). The van der Waals surface area contributed by atoms with Crippen LogP contribution < -0.4 is 11.1 Å². The molecule has 2 unspecified atom stereocenters. The summed E-state index contributed by atoms with van der Waals surface area (Å²) in [7, 11) is 0. The molecule has 0 aromatic carbocycles. The summed E-state index contributed by atoms with van der Waals surface area (Å²) in [6, 6.07) is 0. The van der Waals surface area contributed by atoms with Gasteiger partial charge < -0.3 is 11.1 Å². The van der Waals surface area contributed by atoms with Crippen LogP contribution in [0, 0.1) is 17.8 Å². The van der Waals surface area contributed by atoms with E-state index >= 15 is 0 Å². The second kappa shape index (κ2) is 3.50. The van der Waals surface area contributed by atoms with E-state index in [2.05, 4.69) is 15.5 Å². The Morgan fingerprint density at radius 3 is 2.88 bits per heavy atom. The van der Waals surface area contributed by atoms with Gasteiger partial charge in [-0.15, -0.1) is 0 Å². The molecule has 2 saturated carbocycles. The normalized spacial score (nSPS) is 31.1. The Kier molecular flexibility index (Phi) is 2.12. The summed E-state index contributed by atoms with van der Waals surface area (Å²) in [5.41, 5.74) is 6.50. The number of H-pyrrole nitrogens is 1. The predicted octanol–water partition coefficient (Wildman–Crippen LogP) is 0.654. The monoisotopic (exact) mass is 220 g/mol. The third-order valence-electron chi connectivity index (χ3n) is 3.82. The number of fused-ring (bicyclic) bond motifs is 1. The first-order chi connectivity index (χ1) is 7.74. The van der Waals surface area contributed by atoms with Gasteiger partial charge in [0.1, 0.15) is 5.82 Å². The van der Waals surface area contributed by atoms with Crippen molar-refractivity contribution in [2.45, 2.75) is 25.8 Å². The van der Waals surface area contributed by atoms with Gasteiger partial charge in [0.15, 0.2) is 0 Å². The molecule has 1 aromatic rings. The molecule has 2 atom stereocenters. The van der Waals surface area contributed by atoms with Crippen LogP contribution in [0.3, 0.4) is 0 Å². The number of nitrogens with two attached hydrogens (primary N) is 1. The lowest BCUT2D eigenvalue weighted by atomic mass is 10.0. The van der Waals surface area contributed by atoms with E-state index in [-0.39, 0.29) is 11.8 Å². The molecule has 1 amide bonds. The van der Waals surface area contributed by atoms with Crippen molar-refractivity contribution in [3.8, 4) is 0 Å². The van der Waals surface area contributed by atoms with Crippen LogP contribution >= 0.6 is 0 Å². The van der Waals surface area contributed by atoms with E-state index in [1.54, 1.807) is 6.20 Å². The number of aromatic nitrogens is 2. The number of hydrogen-bond acceptors (Lipinski definition) is 3. The van der Waals surface area contributed by atoms with Crippen LogP contribution in [0.25, 0.3) is 0 Å². The fraction of sp³-hybridized carbons (Fsp3) is 0.636. The average Bonchev–Trinajstić information content (AvgIpc) is 2.71. The molecule has 5 heteroatoms. The molecule has 0 bridgehead atoms. The molecule has 16 heavy (non-hydrogen) atoms. The first kappa shape index (κ1) is 9.69. The van der Waals surface area contributed by atoms with Crippen LogP contribution in [0.1, 0.15) is 24.8 Å². The number of anilines is 1. The molecule has 1 heterocycles. The highest BCUT2D eigenvalue weighted by molar-refractivity contribution is 5.79. The molecule has 86 valence electrons. The van der Waals surface area contributed by atoms with Crippen molar-refractivity contribution in [3.63, 3.8) is 0 Å². The molecule has 0 spiro atoms. The highest BCUT2D eigenvalue weighted by atomic mass is 16.1. The fourth-order valence-electron chi connectivity index (χ4n) is 2.72. The summed E-state index contributed by atoms with van der Waals surface area (Å²) < 4.78 is 0. The second-order valence-electron chi connectivity index (χ2n) is 4.95. The van der Waals surface area contributed by atoms with Crippen LogP contribution in [0.2, 0.25) is 0 Å². The van der Waals surface area contributed by atoms with E-state index in [0.717, 1.165) is 30.2 Å². The number of amides is 1. The molecule has 5 nitrogen and oxygen atoms in total. The van der Waals surface area contributed by atoms with Crippen molar-refractivity contribution < 1.29 is 4.79 Å². The van der Waals surface area contributed by atoms with E-state index in [4.69, 9.17) is 5.73 Å². The maximum Gasteiger partial charge on any atom is 0.223 e. The van der Waals surface area contributed by atoms with Gasteiger partial charge in [0, 0.05) is 18.0 Å². The molecule has 1 aromatic heterocycles. The predicted molar refractivity (Wildman–Crippen MR) is 59.2 cm³/mol. The number of nitrogens with one attached hydrogen (secondary N) is 2. The Balaban J connectivity index is 1.51. The van der Waals surface area contributed by atoms with Gasteiger partial charge in [-0.05, 0) is 31.1 Å². The summed E-state index contributed by atoms with van der Waals surface area (Å²) in [5, 5.41) is 9.40.